The topological polar surface area (TPSA) is 30.5 Å². The molecular weight excluding hydrogens is 238 g/mol. The normalized spacial score (nSPS) is 11.4. The molecule has 0 aliphatic heterocycles. The van der Waals surface area contributed by atoms with Gasteiger partial charge >= 0.3 is 0 Å². The van der Waals surface area contributed by atoms with Gasteiger partial charge in [0.15, 0.2) is 11.5 Å². The molecule has 0 aliphatic carbocycles. The van der Waals surface area contributed by atoms with E-state index < -0.39 is 0 Å². The van der Waals surface area contributed by atoms with Gasteiger partial charge in [0.2, 0.25) is 0 Å². The molecule has 0 atom stereocenters. The van der Waals surface area contributed by atoms with Crippen LogP contribution in [0.4, 0.5) is 0 Å². The molecule has 3 heteroatoms. The number of hydrogen-bond donors (Lipinski definition) is 1. The summed E-state index contributed by atoms with van der Waals surface area (Å²) in [6.07, 6.45) is 1.00. The highest BCUT2D eigenvalue weighted by Crippen LogP contribution is 2.28. The minimum absolute atomic E-state index is 0.105. The number of benzene rings is 1. The second kappa shape index (κ2) is 8.05. The summed E-state index contributed by atoms with van der Waals surface area (Å²) in [4.78, 5) is 0. The molecule has 0 saturated heterocycles. The highest BCUT2D eigenvalue weighted by molar-refractivity contribution is 5.39. The van der Waals surface area contributed by atoms with Gasteiger partial charge in [0.25, 0.3) is 0 Å². The Labute approximate surface area is 117 Å². The summed E-state index contributed by atoms with van der Waals surface area (Å²) in [6, 6.07) is 7.88. The lowest BCUT2D eigenvalue weighted by molar-refractivity contribution is 0.169. The van der Waals surface area contributed by atoms with Crippen molar-refractivity contribution in [2.75, 3.05) is 26.3 Å². The lowest BCUT2D eigenvalue weighted by Crippen LogP contribution is -2.34. The SMILES string of the molecule is CCCOc1ccccc1OCC(C)(C)CNCC. The van der Waals surface area contributed by atoms with Crippen LogP contribution < -0.4 is 14.8 Å². The Balaban J connectivity index is 2.56. The highest BCUT2D eigenvalue weighted by atomic mass is 16.5. The van der Waals surface area contributed by atoms with Crippen LogP contribution in [0.5, 0.6) is 11.5 Å². The van der Waals surface area contributed by atoms with Crippen LogP contribution >= 0.6 is 0 Å². The van der Waals surface area contributed by atoms with Gasteiger partial charge in [-0.2, -0.15) is 0 Å². The van der Waals surface area contributed by atoms with Crippen molar-refractivity contribution in [2.45, 2.75) is 34.1 Å². The molecule has 0 radical (unpaired) electrons. The molecule has 1 aromatic carbocycles. The van der Waals surface area contributed by atoms with Gasteiger partial charge in [0.1, 0.15) is 0 Å². The number of nitrogens with one attached hydrogen (secondary N) is 1. The fourth-order valence-corrected chi connectivity index (χ4v) is 1.69. The van der Waals surface area contributed by atoms with Crippen LogP contribution in [0.25, 0.3) is 0 Å². The molecule has 0 saturated carbocycles. The van der Waals surface area contributed by atoms with E-state index >= 15 is 0 Å². The summed E-state index contributed by atoms with van der Waals surface area (Å²) < 4.78 is 11.6. The van der Waals surface area contributed by atoms with E-state index in [0.717, 1.165) is 37.6 Å². The monoisotopic (exact) mass is 265 g/mol. The Morgan fingerprint density at radius 2 is 1.68 bits per heavy atom. The van der Waals surface area contributed by atoms with Gasteiger partial charge in [0.05, 0.1) is 13.2 Å². The number of rotatable bonds is 9. The molecule has 0 aromatic heterocycles. The molecule has 0 amide bonds. The highest BCUT2D eigenvalue weighted by Gasteiger charge is 2.19. The third-order valence-electron chi connectivity index (χ3n) is 2.78. The first-order valence-corrected chi connectivity index (χ1v) is 7.14. The fraction of sp³-hybridized carbons (Fsp3) is 0.625. The maximum Gasteiger partial charge on any atom is 0.161 e. The Bertz CT molecular complexity index is 364. The van der Waals surface area contributed by atoms with Crippen molar-refractivity contribution in [3.63, 3.8) is 0 Å². The predicted molar refractivity (Wildman–Crippen MR) is 80.0 cm³/mol. The Morgan fingerprint density at radius 3 is 2.26 bits per heavy atom. The molecule has 0 spiro atoms. The Kier molecular flexibility index (Phi) is 6.71. The predicted octanol–water partition coefficient (Wildman–Crippen LogP) is 3.49. The molecule has 1 aromatic rings. The third kappa shape index (κ3) is 5.97. The van der Waals surface area contributed by atoms with Crippen LogP contribution in [0.2, 0.25) is 0 Å². The maximum atomic E-state index is 5.93. The molecule has 0 fully saturated rings. The van der Waals surface area contributed by atoms with E-state index in [9.17, 15) is 0 Å². The van der Waals surface area contributed by atoms with Gasteiger partial charge in [-0.1, -0.05) is 39.8 Å². The summed E-state index contributed by atoms with van der Waals surface area (Å²) in [7, 11) is 0. The van der Waals surface area contributed by atoms with Crippen LogP contribution in [0.15, 0.2) is 24.3 Å². The first kappa shape index (κ1) is 15.8. The molecule has 0 unspecified atom stereocenters. The van der Waals surface area contributed by atoms with Crippen LogP contribution in [0.3, 0.4) is 0 Å². The van der Waals surface area contributed by atoms with Gasteiger partial charge in [0, 0.05) is 12.0 Å². The average Bonchev–Trinajstić information content (AvgIpc) is 2.41. The molecule has 3 nitrogen and oxygen atoms in total. The van der Waals surface area contributed by atoms with Gasteiger partial charge in [-0.25, -0.2) is 0 Å². The van der Waals surface area contributed by atoms with Crippen LogP contribution in [-0.4, -0.2) is 26.3 Å². The van der Waals surface area contributed by atoms with Crippen LogP contribution in [-0.2, 0) is 0 Å². The van der Waals surface area contributed by atoms with Crippen LogP contribution in [0, 0.1) is 5.41 Å². The minimum Gasteiger partial charge on any atom is -0.490 e. The molecular formula is C16H27NO2. The van der Waals surface area contributed by atoms with Crippen molar-refractivity contribution in [3.8, 4) is 11.5 Å². The summed E-state index contributed by atoms with van der Waals surface area (Å²) in [5.74, 6) is 1.67. The van der Waals surface area contributed by atoms with E-state index in [4.69, 9.17) is 9.47 Å². The third-order valence-corrected chi connectivity index (χ3v) is 2.78. The summed E-state index contributed by atoms with van der Waals surface area (Å²) in [5.41, 5.74) is 0.105. The largest absolute Gasteiger partial charge is 0.490 e. The number of ether oxygens (including phenoxy) is 2. The van der Waals surface area contributed by atoms with E-state index in [1.54, 1.807) is 0 Å². The number of hydrogen-bond acceptors (Lipinski definition) is 3. The standard InChI is InChI=1S/C16H27NO2/c1-5-11-18-14-9-7-8-10-15(14)19-13-16(3,4)12-17-6-2/h7-10,17H,5-6,11-13H2,1-4H3. The van der Waals surface area contributed by atoms with E-state index in [1.165, 1.54) is 0 Å². The molecule has 19 heavy (non-hydrogen) atoms. The minimum atomic E-state index is 0.105. The zero-order chi connectivity index (χ0) is 14.1. The van der Waals surface area contributed by atoms with Crippen molar-refractivity contribution in [2.24, 2.45) is 5.41 Å². The second-order valence-corrected chi connectivity index (χ2v) is 5.53. The van der Waals surface area contributed by atoms with E-state index in [0.29, 0.717) is 6.61 Å². The van der Waals surface area contributed by atoms with Gasteiger partial charge in [-0.15, -0.1) is 0 Å². The van der Waals surface area contributed by atoms with E-state index in [1.807, 2.05) is 24.3 Å². The van der Waals surface area contributed by atoms with E-state index in [-0.39, 0.29) is 5.41 Å². The molecule has 108 valence electrons. The molecule has 0 bridgehead atoms. The zero-order valence-electron chi connectivity index (χ0n) is 12.7. The molecule has 1 rings (SSSR count). The van der Waals surface area contributed by atoms with Crippen molar-refractivity contribution >= 4 is 0 Å². The zero-order valence-corrected chi connectivity index (χ0v) is 12.7. The van der Waals surface area contributed by atoms with Crippen molar-refractivity contribution in [1.82, 2.24) is 5.32 Å². The van der Waals surface area contributed by atoms with Gasteiger partial charge < -0.3 is 14.8 Å². The summed E-state index contributed by atoms with van der Waals surface area (Å²) in [5, 5.41) is 3.36. The first-order valence-electron chi connectivity index (χ1n) is 7.14. The lowest BCUT2D eigenvalue weighted by atomic mass is 9.95. The first-order chi connectivity index (χ1) is 9.09. The molecule has 1 N–H and O–H groups in total. The number of para-hydroxylation sites is 2. The van der Waals surface area contributed by atoms with Gasteiger partial charge in [-0.05, 0) is 25.1 Å². The fourth-order valence-electron chi connectivity index (χ4n) is 1.69. The smallest absolute Gasteiger partial charge is 0.161 e. The van der Waals surface area contributed by atoms with Crippen molar-refractivity contribution < 1.29 is 9.47 Å². The Morgan fingerprint density at radius 1 is 1.05 bits per heavy atom. The summed E-state index contributed by atoms with van der Waals surface area (Å²) in [6.45, 7) is 11.9. The average molecular weight is 265 g/mol. The van der Waals surface area contributed by atoms with Crippen LogP contribution in [0.1, 0.15) is 34.1 Å². The van der Waals surface area contributed by atoms with Gasteiger partial charge in [-0.3, -0.25) is 0 Å². The second-order valence-electron chi connectivity index (χ2n) is 5.53. The van der Waals surface area contributed by atoms with Crippen molar-refractivity contribution in [1.29, 1.82) is 0 Å². The molecule has 0 heterocycles. The van der Waals surface area contributed by atoms with E-state index in [2.05, 4.69) is 33.0 Å². The van der Waals surface area contributed by atoms with Crippen molar-refractivity contribution in [3.05, 3.63) is 24.3 Å². The quantitative estimate of drug-likeness (QED) is 0.741. The molecule has 0 aliphatic rings. The maximum absolute atomic E-state index is 5.93. The Hall–Kier alpha value is -1.22. The summed E-state index contributed by atoms with van der Waals surface area (Å²) >= 11 is 0. The lowest BCUT2D eigenvalue weighted by Gasteiger charge is -2.25.